The maximum absolute atomic E-state index is 12.0. The Bertz CT molecular complexity index is 466. The molecule has 1 saturated heterocycles. The predicted molar refractivity (Wildman–Crippen MR) is 87.0 cm³/mol. The zero-order chi connectivity index (χ0) is 15.8. The molecule has 1 aliphatic rings. The van der Waals surface area contributed by atoms with E-state index in [2.05, 4.69) is 15.4 Å². The van der Waals surface area contributed by atoms with Crippen LogP contribution >= 0.6 is 12.4 Å². The number of alkyl halides is 2. The van der Waals surface area contributed by atoms with Gasteiger partial charge in [-0.3, -0.25) is 4.79 Å². The van der Waals surface area contributed by atoms with Crippen molar-refractivity contribution in [1.29, 1.82) is 0 Å². The Hall–Kier alpha value is -1.40. The van der Waals surface area contributed by atoms with Gasteiger partial charge in [0.05, 0.1) is 0 Å². The summed E-state index contributed by atoms with van der Waals surface area (Å²) in [4.78, 5) is 11.8. The van der Waals surface area contributed by atoms with Gasteiger partial charge >= 0.3 is 6.61 Å². The molecule has 0 aromatic heterocycles. The molecule has 23 heavy (non-hydrogen) atoms. The van der Waals surface area contributed by atoms with Gasteiger partial charge in [-0.1, -0.05) is 12.1 Å². The highest BCUT2D eigenvalue weighted by atomic mass is 35.5. The number of hydrogen-bond donors (Lipinski definition) is 2. The second-order valence-corrected chi connectivity index (χ2v) is 5.53. The van der Waals surface area contributed by atoms with Crippen LogP contribution in [0.3, 0.4) is 0 Å². The first-order chi connectivity index (χ1) is 10.6. The van der Waals surface area contributed by atoms with Crippen molar-refractivity contribution in [3.63, 3.8) is 0 Å². The maximum Gasteiger partial charge on any atom is 0.387 e. The molecule has 7 heteroatoms. The number of piperidine rings is 1. The minimum Gasteiger partial charge on any atom is -0.435 e. The SMILES string of the molecule is Cl.O=C(CCC1CCNCC1)NCc1ccc(OC(F)F)cc1. The Morgan fingerprint density at radius 2 is 1.91 bits per heavy atom. The van der Waals surface area contributed by atoms with Gasteiger partial charge in [-0.05, 0) is 56.0 Å². The zero-order valence-corrected chi connectivity index (χ0v) is 13.7. The monoisotopic (exact) mass is 348 g/mol. The van der Waals surface area contributed by atoms with Gasteiger partial charge in [-0.2, -0.15) is 8.78 Å². The number of halogens is 3. The Morgan fingerprint density at radius 1 is 1.26 bits per heavy atom. The average molecular weight is 349 g/mol. The molecule has 0 atom stereocenters. The molecule has 1 aliphatic heterocycles. The molecule has 2 rings (SSSR count). The van der Waals surface area contributed by atoms with Gasteiger partial charge < -0.3 is 15.4 Å². The number of benzene rings is 1. The lowest BCUT2D eigenvalue weighted by molar-refractivity contribution is -0.121. The third-order valence-corrected chi connectivity index (χ3v) is 3.88. The van der Waals surface area contributed by atoms with Crippen LogP contribution in [-0.4, -0.2) is 25.6 Å². The first-order valence-electron chi connectivity index (χ1n) is 7.64. The summed E-state index contributed by atoms with van der Waals surface area (Å²) in [5.41, 5.74) is 0.858. The van der Waals surface area contributed by atoms with Crippen molar-refractivity contribution in [2.75, 3.05) is 13.1 Å². The lowest BCUT2D eigenvalue weighted by Gasteiger charge is -2.22. The van der Waals surface area contributed by atoms with Crippen LogP contribution in [0.15, 0.2) is 24.3 Å². The normalized spacial score (nSPS) is 15.1. The number of nitrogens with one attached hydrogen (secondary N) is 2. The smallest absolute Gasteiger partial charge is 0.387 e. The second kappa shape index (κ2) is 10.4. The fraction of sp³-hybridized carbons (Fsp3) is 0.562. The molecule has 4 nitrogen and oxygen atoms in total. The van der Waals surface area contributed by atoms with Crippen LogP contribution in [0.1, 0.15) is 31.2 Å². The van der Waals surface area contributed by atoms with E-state index in [1.54, 1.807) is 12.1 Å². The van der Waals surface area contributed by atoms with Gasteiger partial charge in [0, 0.05) is 13.0 Å². The third kappa shape index (κ3) is 7.61. The van der Waals surface area contributed by atoms with Gasteiger partial charge in [-0.15, -0.1) is 12.4 Å². The van der Waals surface area contributed by atoms with E-state index in [-0.39, 0.29) is 24.1 Å². The van der Waals surface area contributed by atoms with Crippen LogP contribution < -0.4 is 15.4 Å². The summed E-state index contributed by atoms with van der Waals surface area (Å²) in [6.45, 7) is -0.334. The molecule has 0 saturated carbocycles. The first kappa shape index (κ1) is 19.6. The molecule has 130 valence electrons. The minimum atomic E-state index is -2.82. The molecule has 0 radical (unpaired) electrons. The molecular formula is C16H23ClF2N2O2. The molecule has 1 aromatic carbocycles. The molecule has 1 aromatic rings. The fourth-order valence-electron chi connectivity index (χ4n) is 2.58. The fourth-order valence-corrected chi connectivity index (χ4v) is 2.58. The van der Waals surface area contributed by atoms with E-state index in [1.165, 1.54) is 12.1 Å². The van der Waals surface area contributed by atoms with Crippen LogP contribution in [0.4, 0.5) is 8.78 Å². The van der Waals surface area contributed by atoms with E-state index in [4.69, 9.17) is 0 Å². The molecule has 1 amide bonds. The van der Waals surface area contributed by atoms with Crippen LogP contribution in [0.2, 0.25) is 0 Å². The van der Waals surface area contributed by atoms with Crippen LogP contribution in [0, 0.1) is 5.92 Å². The molecular weight excluding hydrogens is 326 g/mol. The van der Waals surface area contributed by atoms with E-state index in [0.717, 1.165) is 37.9 Å². The number of carbonyl (C=O) groups excluding carboxylic acids is 1. The molecule has 0 unspecified atom stereocenters. The van der Waals surface area contributed by atoms with Gasteiger partial charge in [0.1, 0.15) is 5.75 Å². The maximum atomic E-state index is 12.0. The van der Waals surface area contributed by atoms with Crippen molar-refractivity contribution in [3.8, 4) is 5.75 Å². The molecule has 1 fully saturated rings. The summed E-state index contributed by atoms with van der Waals surface area (Å²) in [7, 11) is 0. The lowest BCUT2D eigenvalue weighted by Crippen LogP contribution is -2.29. The third-order valence-electron chi connectivity index (χ3n) is 3.88. The van der Waals surface area contributed by atoms with E-state index in [1.807, 2.05) is 0 Å². The highest BCUT2D eigenvalue weighted by Gasteiger charge is 2.14. The summed E-state index contributed by atoms with van der Waals surface area (Å²) >= 11 is 0. The summed E-state index contributed by atoms with van der Waals surface area (Å²) in [5.74, 6) is 0.792. The number of carbonyl (C=O) groups is 1. The standard InChI is InChI=1S/C16H22F2N2O2.ClH/c17-16(18)22-14-4-1-13(2-5-14)11-20-15(21)6-3-12-7-9-19-10-8-12;/h1-2,4-5,12,16,19H,3,6-11H2,(H,20,21);1H. The van der Waals surface area contributed by atoms with Gasteiger partial charge in [-0.25, -0.2) is 0 Å². The van der Waals surface area contributed by atoms with Gasteiger partial charge in [0.25, 0.3) is 0 Å². The van der Waals surface area contributed by atoms with Gasteiger partial charge in [0.15, 0.2) is 0 Å². The van der Waals surface area contributed by atoms with Crippen molar-refractivity contribution in [2.24, 2.45) is 5.92 Å². The van der Waals surface area contributed by atoms with E-state index >= 15 is 0 Å². The Labute approximate surface area is 141 Å². The summed E-state index contributed by atoms with van der Waals surface area (Å²) < 4.78 is 28.3. The van der Waals surface area contributed by atoms with Gasteiger partial charge in [0.2, 0.25) is 5.91 Å². The number of hydrogen-bond acceptors (Lipinski definition) is 3. The van der Waals surface area contributed by atoms with E-state index in [0.29, 0.717) is 18.9 Å². The van der Waals surface area contributed by atoms with Crippen LogP contribution in [0.25, 0.3) is 0 Å². The highest BCUT2D eigenvalue weighted by Crippen LogP contribution is 2.18. The van der Waals surface area contributed by atoms with E-state index in [9.17, 15) is 13.6 Å². The zero-order valence-electron chi connectivity index (χ0n) is 12.9. The topological polar surface area (TPSA) is 50.4 Å². The van der Waals surface area contributed by atoms with Crippen molar-refractivity contribution >= 4 is 18.3 Å². The van der Waals surface area contributed by atoms with Crippen LogP contribution in [-0.2, 0) is 11.3 Å². The van der Waals surface area contributed by atoms with Crippen molar-refractivity contribution < 1.29 is 18.3 Å². The predicted octanol–water partition coefficient (Wildman–Crippen LogP) is 3.11. The minimum absolute atomic E-state index is 0. The quantitative estimate of drug-likeness (QED) is 0.796. The van der Waals surface area contributed by atoms with Crippen LogP contribution in [0.5, 0.6) is 5.75 Å². The number of amides is 1. The lowest BCUT2D eigenvalue weighted by atomic mass is 9.93. The summed E-state index contributed by atoms with van der Waals surface area (Å²) in [5, 5.41) is 6.16. The molecule has 0 aliphatic carbocycles. The molecule has 1 heterocycles. The first-order valence-corrected chi connectivity index (χ1v) is 7.64. The average Bonchev–Trinajstić information content (AvgIpc) is 2.53. The summed E-state index contributed by atoms with van der Waals surface area (Å²) in [6, 6.07) is 6.29. The highest BCUT2D eigenvalue weighted by molar-refractivity contribution is 5.85. The largest absolute Gasteiger partial charge is 0.435 e. The molecule has 0 spiro atoms. The van der Waals surface area contributed by atoms with Crippen molar-refractivity contribution in [3.05, 3.63) is 29.8 Å². The van der Waals surface area contributed by atoms with Crippen molar-refractivity contribution in [2.45, 2.75) is 38.8 Å². The molecule has 0 bridgehead atoms. The number of rotatable bonds is 7. The molecule has 2 N–H and O–H groups in total. The Kier molecular flexibility index (Phi) is 8.87. The Balaban J connectivity index is 0.00000264. The number of ether oxygens (including phenoxy) is 1. The summed E-state index contributed by atoms with van der Waals surface area (Å²) in [6.07, 6.45) is 3.74. The Morgan fingerprint density at radius 3 is 2.52 bits per heavy atom. The van der Waals surface area contributed by atoms with E-state index < -0.39 is 6.61 Å². The van der Waals surface area contributed by atoms with Crippen molar-refractivity contribution in [1.82, 2.24) is 10.6 Å². The second-order valence-electron chi connectivity index (χ2n) is 5.53.